The molecular formula is C17H20N6O. The van der Waals surface area contributed by atoms with Gasteiger partial charge in [-0.3, -0.25) is 9.20 Å². The second-order valence-corrected chi connectivity index (χ2v) is 5.89. The van der Waals surface area contributed by atoms with Crippen LogP contribution in [0.15, 0.2) is 24.4 Å². The van der Waals surface area contributed by atoms with E-state index < -0.39 is 0 Å². The maximum Gasteiger partial charge on any atom is 0.274 e. The summed E-state index contributed by atoms with van der Waals surface area (Å²) >= 11 is 0. The lowest BCUT2D eigenvalue weighted by atomic mass is 10.2. The van der Waals surface area contributed by atoms with E-state index >= 15 is 0 Å². The minimum absolute atomic E-state index is 0.224. The second kappa shape index (κ2) is 5.92. The number of carbonyl (C=O) groups excluding carboxylic acids is 1. The van der Waals surface area contributed by atoms with E-state index in [1.165, 1.54) is 0 Å². The van der Waals surface area contributed by atoms with Crippen LogP contribution in [0.5, 0.6) is 0 Å². The van der Waals surface area contributed by atoms with Crippen molar-refractivity contribution in [2.45, 2.75) is 20.8 Å². The first-order valence-electron chi connectivity index (χ1n) is 7.66. The number of nitrogens with one attached hydrogen (secondary N) is 1. The predicted molar refractivity (Wildman–Crippen MR) is 93.7 cm³/mol. The summed E-state index contributed by atoms with van der Waals surface area (Å²) in [4.78, 5) is 27.9. The van der Waals surface area contributed by atoms with Crippen LogP contribution in [0.25, 0.3) is 5.65 Å². The molecule has 3 aromatic rings. The normalized spacial score (nSPS) is 10.9. The smallest absolute Gasteiger partial charge is 0.274 e. The minimum Gasteiger partial charge on any atom is -0.347 e. The number of aryl methyl sites for hydroxylation is 3. The summed E-state index contributed by atoms with van der Waals surface area (Å²) in [5.41, 5.74) is 4.03. The average Bonchev–Trinajstić information content (AvgIpc) is 2.86. The highest BCUT2D eigenvalue weighted by Gasteiger charge is 2.19. The molecule has 1 N–H and O–H groups in total. The zero-order chi connectivity index (χ0) is 17.4. The molecule has 0 fully saturated rings. The molecule has 0 aliphatic rings. The Labute approximate surface area is 140 Å². The van der Waals surface area contributed by atoms with E-state index in [9.17, 15) is 4.79 Å². The van der Waals surface area contributed by atoms with Gasteiger partial charge in [-0.05, 0) is 32.9 Å². The van der Waals surface area contributed by atoms with Gasteiger partial charge in [0.15, 0.2) is 0 Å². The molecule has 7 nitrogen and oxygen atoms in total. The van der Waals surface area contributed by atoms with Gasteiger partial charge in [0.2, 0.25) is 5.95 Å². The van der Waals surface area contributed by atoms with Crippen LogP contribution in [0.3, 0.4) is 0 Å². The fourth-order valence-corrected chi connectivity index (χ4v) is 2.64. The number of imidazole rings is 1. The molecule has 3 heterocycles. The Morgan fingerprint density at radius 1 is 1.04 bits per heavy atom. The molecule has 0 saturated carbocycles. The van der Waals surface area contributed by atoms with Gasteiger partial charge in [-0.25, -0.2) is 15.0 Å². The SMILES string of the molecule is Cc1nc(N(C)C)nc(C)c1NC(=O)c1c(C)nc2ccccn12. The number of anilines is 2. The Kier molecular flexibility index (Phi) is 3.92. The first-order valence-corrected chi connectivity index (χ1v) is 7.66. The van der Waals surface area contributed by atoms with Gasteiger partial charge in [0.1, 0.15) is 11.3 Å². The lowest BCUT2D eigenvalue weighted by Gasteiger charge is -2.15. The maximum absolute atomic E-state index is 12.8. The molecule has 3 aromatic heterocycles. The molecule has 0 aliphatic heterocycles. The molecule has 0 bridgehead atoms. The molecule has 1 amide bonds. The van der Waals surface area contributed by atoms with Crippen molar-refractivity contribution < 1.29 is 4.79 Å². The van der Waals surface area contributed by atoms with Gasteiger partial charge >= 0.3 is 0 Å². The molecule has 0 unspecified atom stereocenters. The minimum atomic E-state index is -0.224. The molecule has 0 radical (unpaired) electrons. The molecule has 0 aliphatic carbocycles. The second-order valence-electron chi connectivity index (χ2n) is 5.89. The quantitative estimate of drug-likeness (QED) is 0.800. The number of amides is 1. The van der Waals surface area contributed by atoms with Crippen LogP contribution >= 0.6 is 0 Å². The Hall–Kier alpha value is -2.96. The van der Waals surface area contributed by atoms with E-state index in [4.69, 9.17) is 0 Å². The summed E-state index contributed by atoms with van der Waals surface area (Å²) in [6.07, 6.45) is 1.83. The van der Waals surface area contributed by atoms with Crippen LogP contribution in [0.2, 0.25) is 0 Å². The summed E-state index contributed by atoms with van der Waals surface area (Å²) in [5.74, 6) is 0.396. The zero-order valence-electron chi connectivity index (χ0n) is 14.5. The summed E-state index contributed by atoms with van der Waals surface area (Å²) < 4.78 is 1.78. The van der Waals surface area contributed by atoms with Crippen molar-refractivity contribution in [3.05, 3.63) is 47.2 Å². The van der Waals surface area contributed by atoms with Gasteiger partial charge in [-0.15, -0.1) is 0 Å². The van der Waals surface area contributed by atoms with Crippen molar-refractivity contribution in [2.24, 2.45) is 0 Å². The number of pyridine rings is 1. The molecule has 0 saturated heterocycles. The molecule has 124 valence electrons. The van der Waals surface area contributed by atoms with E-state index in [1.807, 2.05) is 64.2 Å². The third kappa shape index (κ3) is 2.68. The van der Waals surface area contributed by atoms with Crippen molar-refractivity contribution in [1.82, 2.24) is 19.4 Å². The topological polar surface area (TPSA) is 75.4 Å². The number of fused-ring (bicyclic) bond motifs is 1. The molecule has 24 heavy (non-hydrogen) atoms. The number of hydrogen-bond acceptors (Lipinski definition) is 5. The lowest BCUT2D eigenvalue weighted by Crippen LogP contribution is -2.20. The van der Waals surface area contributed by atoms with Crippen molar-refractivity contribution >= 4 is 23.2 Å². The summed E-state index contributed by atoms with van der Waals surface area (Å²) in [7, 11) is 3.77. The van der Waals surface area contributed by atoms with E-state index in [0.29, 0.717) is 23.0 Å². The molecule has 7 heteroatoms. The third-order valence-corrected chi connectivity index (χ3v) is 3.82. The van der Waals surface area contributed by atoms with Gasteiger partial charge < -0.3 is 10.2 Å². The largest absolute Gasteiger partial charge is 0.347 e. The fourth-order valence-electron chi connectivity index (χ4n) is 2.64. The van der Waals surface area contributed by atoms with Crippen LogP contribution in [0.1, 0.15) is 27.6 Å². The van der Waals surface area contributed by atoms with Gasteiger partial charge in [-0.2, -0.15) is 0 Å². The highest BCUT2D eigenvalue weighted by atomic mass is 16.2. The summed E-state index contributed by atoms with van der Waals surface area (Å²) in [5, 5.41) is 2.94. The van der Waals surface area contributed by atoms with Gasteiger partial charge in [-0.1, -0.05) is 6.07 Å². The van der Waals surface area contributed by atoms with Gasteiger partial charge in [0, 0.05) is 20.3 Å². The van der Waals surface area contributed by atoms with Crippen LogP contribution in [-0.2, 0) is 0 Å². The summed E-state index contributed by atoms with van der Waals surface area (Å²) in [6, 6.07) is 5.64. The molecule has 3 rings (SSSR count). The Morgan fingerprint density at radius 3 is 2.33 bits per heavy atom. The Bertz CT molecular complexity index is 905. The van der Waals surface area contributed by atoms with Gasteiger partial charge in [0.05, 0.1) is 22.8 Å². The number of rotatable bonds is 3. The highest BCUT2D eigenvalue weighted by Crippen LogP contribution is 2.21. The first-order chi connectivity index (χ1) is 11.4. The maximum atomic E-state index is 12.8. The van der Waals surface area contributed by atoms with Crippen molar-refractivity contribution in [1.29, 1.82) is 0 Å². The third-order valence-electron chi connectivity index (χ3n) is 3.82. The zero-order valence-corrected chi connectivity index (χ0v) is 14.5. The van der Waals surface area contributed by atoms with Crippen LogP contribution in [-0.4, -0.2) is 39.4 Å². The average molecular weight is 324 g/mol. The van der Waals surface area contributed by atoms with Crippen molar-refractivity contribution in [3.8, 4) is 0 Å². The first kappa shape index (κ1) is 15.9. The van der Waals surface area contributed by atoms with Gasteiger partial charge in [0.25, 0.3) is 5.91 Å². The fraction of sp³-hybridized carbons (Fsp3) is 0.294. The number of hydrogen-bond donors (Lipinski definition) is 1. The van der Waals surface area contributed by atoms with Crippen LogP contribution in [0.4, 0.5) is 11.6 Å². The van der Waals surface area contributed by atoms with Crippen LogP contribution < -0.4 is 10.2 Å². The van der Waals surface area contributed by atoms with E-state index in [2.05, 4.69) is 20.3 Å². The predicted octanol–water partition coefficient (Wildman–Crippen LogP) is 2.37. The summed E-state index contributed by atoms with van der Waals surface area (Å²) in [6.45, 7) is 5.55. The molecular weight excluding hydrogens is 304 g/mol. The standard InChI is InChI=1S/C17H20N6O/c1-10-14(11(2)20-17(19-10)22(4)5)21-16(24)15-12(3)18-13-8-6-7-9-23(13)15/h6-9H,1-5H3,(H,21,24). The molecule has 0 atom stereocenters. The highest BCUT2D eigenvalue weighted by molar-refractivity contribution is 6.05. The lowest BCUT2D eigenvalue weighted by molar-refractivity contribution is 0.102. The molecule has 0 spiro atoms. The van der Waals surface area contributed by atoms with Crippen molar-refractivity contribution in [2.75, 3.05) is 24.3 Å². The van der Waals surface area contributed by atoms with E-state index in [1.54, 1.807) is 4.40 Å². The number of nitrogens with zero attached hydrogens (tertiary/aromatic N) is 5. The van der Waals surface area contributed by atoms with E-state index in [-0.39, 0.29) is 5.91 Å². The molecule has 0 aromatic carbocycles. The Balaban J connectivity index is 1.99. The van der Waals surface area contributed by atoms with E-state index in [0.717, 1.165) is 17.0 Å². The van der Waals surface area contributed by atoms with Crippen molar-refractivity contribution in [3.63, 3.8) is 0 Å². The Morgan fingerprint density at radius 2 is 1.71 bits per heavy atom. The number of carbonyl (C=O) groups is 1. The number of aromatic nitrogens is 4. The van der Waals surface area contributed by atoms with Crippen LogP contribution in [0, 0.1) is 20.8 Å². The monoisotopic (exact) mass is 324 g/mol.